The lowest BCUT2D eigenvalue weighted by atomic mass is 9.97. The molecule has 0 radical (unpaired) electrons. The van der Waals surface area contributed by atoms with E-state index in [0.29, 0.717) is 44.6 Å². The van der Waals surface area contributed by atoms with Gasteiger partial charge in [0.2, 0.25) is 5.95 Å². The van der Waals surface area contributed by atoms with Crippen LogP contribution in [-0.4, -0.2) is 88.4 Å². The number of morpholine rings is 1. The number of alkyl halides is 3. The number of ether oxygens (including phenoxy) is 2. The Morgan fingerprint density at radius 1 is 1.02 bits per heavy atom. The van der Waals surface area contributed by atoms with Crippen molar-refractivity contribution in [3.05, 3.63) is 60.4 Å². The number of rotatable bonds is 6. The van der Waals surface area contributed by atoms with Crippen LogP contribution < -0.4 is 10.2 Å². The van der Waals surface area contributed by atoms with Crippen LogP contribution in [0.3, 0.4) is 0 Å². The molecule has 4 fully saturated rings. The molecule has 2 bridgehead atoms. The Hall–Kier alpha value is -4.44. The molecule has 7 heterocycles. The van der Waals surface area contributed by atoms with Crippen molar-refractivity contribution in [3.8, 4) is 11.3 Å². The molecular weight excluding hydrogens is 675 g/mol. The summed E-state index contributed by atoms with van der Waals surface area (Å²) in [5.74, 6) is 0.419. The number of anilines is 2. The van der Waals surface area contributed by atoms with Crippen LogP contribution in [0.25, 0.3) is 22.3 Å². The van der Waals surface area contributed by atoms with Crippen LogP contribution in [0, 0.1) is 0 Å². The lowest BCUT2D eigenvalue weighted by Crippen LogP contribution is -2.54. The van der Waals surface area contributed by atoms with Crippen molar-refractivity contribution >= 4 is 38.9 Å². The lowest BCUT2D eigenvalue weighted by Gasteiger charge is -2.45. The molecule has 4 saturated heterocycles. The van der Waals surface area contributed by atoms with Crippen molar-refractivity contribution in [1.82, 2.24) is 23.8 Å². The van der Waals surface area contributed by atoms with Gasteiger partial charge in [-0.25, -0.2) is 32.1 Å². The monoisotopic (exact) mass is 713 g/mol. The molecule has 0 aliphatic carbocycles. The van der Waals surface area contributed by atoms with E-state index in [1.165, 1.54) is 12.1 Å². The fraction of sp³-hybridized carbons (Fsp3) is 0.471. The normalized spacial score (nSPS) is 21.4. The molecule has 4 aromatic rings. The molecule has 12 nitrogen and oxygen atoms in total. The average Bonchev–Trinajstić information content (AvgIpc) is 3.48. The SMILES string of the molecule is CC(C)(C)OC(=O)N1CCC[C@H](Nc2ncc(C(F)(F)F)c(-c3cn(S(=O)(=O)c4ccccc4)c4nc(N5CC6CCC5CO6)ccc34)n2)C1. The minimum Gasteiger partial charge on any atom is -0.444 e. The van der Waals surface area contributed by atoms with Crippen molar-refractivity contribution in [2.75, 3.05) is 36.5 Å². The van der Waals surface area contributed by atoms with Gasteiger partial charge >= 0.3 is 12.3 Å². The second-order valence-electron chi connectivity index (χ2n) is 13.9. The van der Waals surface area contributed by atoms with Gasteiger partial charge in [-0.3, -0.25) is 0 Å². The van der Waals surface area contributed by atoms with E-state index in [2.05, 4.69) is 20.2 Å². The number of nitrogens with zero attached hydrogens (tertiary/aromatic N) is 6. The lowest BCUT2D eigenvalue weighted by molar-refractivity contribution is -0.137. The summed E-state index contributed by atoms with van der Waals surface area (Å²) < 4.78 is 84.2. The minimum absolute atomic E-state index is 0.0227. The van der Waals surface area contributed by atoms with Gasteiger partial charge in [0, 0.05) is 49.0 Å². The van der Waals surface area contributed by atoms with Gasteiger partial charge in [-0.2, -0.15) is 13.2 Å². The number of halogens is 3. The van der Waals surface area contributed by atoms with Gasteiger partial charge in [-0.05, 0) is 70.7 Å². The van der Waals surface area contributed by atoms with Crippen LogP contribution in [0.15, 0.2) is 59.8 Å². The van der Waals surface area contributed by atoms with Gasteiger partial charge < -0.3 is 24.6 Å². The van der Waals surface area contributed by atoms with Gasteiger partial charge in [-0.1, -0.05) is 18.2 Å². The van der Waals surface area contributed by atoms with Crippen LogP contribution >= 0.6 is 0 Å². The number of carbonyl (C=O) groups excluding carboxylic acids is 1. The Labute approximate surface area is 287 Å². The zero-order chi connectivity index (χ0) is 35.4. The molecule has 3 aromatic heterocycles. The third-order valence-electron chi connectivity index (χ3n) is 9.14. The van der Waals surface area contributed by atoms with Gasteiger partial charge in [0.25, 0.3) is 10.0 Å². The summed E-state index contributed by atoms with van der Waals surface area (Å²) in [7, 11) is -4.30. The highest BCUT2D eigenvalue weighted by Crippen LogP contribution is 2.41. The molecule has 1 amide bonds. The molecule has 0 spiro atoms. The van der Waals surface area contributed by atoms with E-state index in [1.807, 2.05) is 0 Å². The number of pyridine rings is 1. The largest absolute Gasteiger partial charge is 0.444 e. The number of fused-ring (bicyclic) bond motifs is 4. The van der Waals surface area contributed by atoms with E-state index in [-0.39, 0.29) is 52.2 Å². The average molecular weight is 714 g/mol. The number of hydrogen-bond donors (Lipinski definition) is 1. The number of piperidine rings is 2. The Morgan fingerprint density at radius 2 is 1.80 bits per heavy atom. The number of hydrogen-bond acceptors (Lipinski definition) is 10. The molecule has 4 aliphatic rings. The fourth-order valence-electron chi connectivity index (χ4n) is 6.77. The predicted molar refractivity (Wildman–Crippen MR) is 179 cm³/mol. The Kier molecular flexibility index (Phi) is 8.65. The summed E-state index contributed by atoms with van der Waals surface area (Å²) in [6.07, 6.45) is -0.423. The molecule has 2 unspecified atom stereocenters. The molecule has 3 atom stereocenters. The van der Waals surface area contributed by atoms with Gasteiger partial charge in [-0.15, -0.1) is 0 Å². The third kappa shape index (κ3) is 6.70. The quantitative estimate of drug-likeness (QED) is 0.257. The maximum atomic E-state index is 14.6. The fourth-order valence-corrected chi connectivity index (χ4v) is 8.11. The van der Waals surface area contributed by atoms with Gasteiger partial charge in [0.15, 0.2) is 5.65 Å². The topological polar surface area (TPSA) is 132 Å². The van der Waals surface area contributed by atoms with Crippen molar-refractivity contribution < 1.29 is 35.9 Å². The number of carbonyl (C=O) groups is 1. The molecule has 8 rings (SSSR count). The summed E-state index contributed by atoms with van der Waals surface area (Å²) in [6, 6.07) is 10.6. The molecule has 1 aromatic carbocycles. The maximum Gasteiger partial charge on any atom is 0.419 e. The molecule has 1 N–H and O–H groups in total. The highest BCUT2D eigenvalue weighted by molar-refractivity contribution is 7.90. The number of benzene rings is 1. The summed E-state index contributed by atoms with van der Waals surface area (Å²) in [6.45, 7) is 7.11. The van der Waals surface area contributed by atoms with E-state index >= 15 is 0 Å². The summed E-state index contributed by atoms with van der Waals surface area (Å²) in [4.78, 5) is 29.4. The van der Waals surface area contributed by atoms with Crippen LogP contribution in [0.5, 0.6) is 0 Å². The molecule has 4 aliphatic heterocycles. The highest BCUT2D eigenvalue weighted by atomic mass is 32.2. The van der Waals surface area contributed by atoms with Crippen molar-refractivity contribution in [2.45, 2.75) is 81.3 Å². The van der Waals surface area contributed by atoms with Crippen LogP contribution in [0.4, 0.5) is 29.7 Å². The van der Waals surface area contributed by atoms with Crippen LogP contribution in [-0.2, 0) is 25.7 Å². The molecular formula is C34H38F3N7O5S. The van der Waals surface area contributed by atoms with Crippen LogP contribution in [0.1, 0.15) is 52.0 Å². The number of likely N-dealkylation sites (tertiary alicyclic amines) is 1. The summed E-state index contributed by atoms with van der Waals surface area (Å²) in [5, 5.41) is 3.27. The van der Waals surface area contributed by atoms with Gasteiger partial charge in [0.1, 0.15) is 17.0 Å². The van der Waals surface area contributed by atoms with E-state index in [9.17, 15) is 26.4 Å². The van der Waals surface area contributed by atoms with Crippen molar-refractivity contribution in [3.63, 3.8) is 0 Å². The number of nitrogens with one attached hydrogen (secondary N) is 1. The van der Waals surface area contributed by atoms with Crippen LogP contribution in [0.2, 0.25) is 0 Å². The highest BCUT2D eigenvalue weighted by Gasteiger charge is 2.39. The predicted octanol–water partition coefficient (Wildman–Crippen LogP) is 5.93. The first-order chi connectivity index (χ1) is 23.7. The van der Waals surface area contributed by atoms with Crippen molar-refractivity contribution in [2.24, 2.45) is 0 Å². The second kappa shape index (κ2) is 12.7. The second-order valence-corrected chi connectivity index (χ2v) is 15.7. The standard InChI is InChI=1S/C34H38F3N7O5S/c1-33(2,3)49-32(45)42-15-7-8-21(17-42)39-31-38-16-27(34(35,36)37)29(41-31)26-19-44(50(46,47)24-9-5-4-6-10-24)30-25(26)13-14-28(40-30)43-18-23-12-11-22(43)20-48-23/h4-6,9-10,13-14,16,19,21-23H,7-8,11-12,15,17-18,20H2,1-3H3,(H,38,39,41)/t21-,22?,23?/m0/s1. The molecule has 266 valence electrons. The minimum atomic E-state index is -4.86. The van der Waals surface area contributed by atoms with Crippen molar-refractivity contribution in [1.29, 1.82) is 0 Å². The zero-order valence-electron chi connectivity index (χ0n) is 27.9. The first-order valence-corrected chi connectivity index (χ1v) is 18.0. The Balaban J connectivity index is 1.31. The smallest absolute Gasteiger partial charge is 0.419 e. The number of aromatic nitrogens is 4. The molecule has 0 saturated carbocycles. The number of amides is 1. The molecule has 16 heteroatoms. The Bertz CT molecular complexity index is 2010. The zero-order valence-corrected chi connectivity index (χ0v) is 28.7. The van der Waals surface area contributed by atoms with E-state index in [0.717, 1.165) is 23.0 Å². The van der Waals surface area contributed by atoms with E-state index in [4.69, 9.17) is 14.5 Å². The molecule has 50 heavy (non-hydrogen) atoms. The van der Waals surface area contributed by atoms with Gasteiger partial charge in [0.05, 0.1) is 29.3 Å². The maximum absolute atomic E-state index is 14.6. The summed E-state index contributed by atoms with van der Waals surface area (Å²) in [5.41, 5.74) is -2.41. The first-order valence-electron chi connectivity index (χ1n) is 16.6. The summed E-state index contributed by atoms with van der Waals surface area (Å²) >= 11 is 0. The van der Waals surface area contributed by atoms with E-state index < -0.39 is 39.2 Å². The third-order valence-corrected chi connectivity index (χ3v) is 10.8. The van der Waals surface area contributed by atoms with E-state index in [1.54, 1.807) is 56.0 Å². The Morgan fingerprint density at radius 3 is 2.46 bits per heavy atom. The first kappa shape index (κ1) is 34.0.